The molecule has 4 heterocycles. The average molecular weight is 386 g/mol. The minimum Gasteiger partial charge on any atom is -0.336 e. The number of piperidine rings is 1. The summed E-state index contributed by atoms with van der Waals surface area (Å²) in [5, 5.41) is 12.4. The molecular weight excluding hydrogens is 354 g/mol. The third kappa shape index (κ3) is 4.44. The molecule has 4 rings (SSSR count). The minimum absolute atomic E-state index is 0.0585. The molecule has 1 unspecified atom stereocenters. The topological polar surface area (TPSA) is 71.2 Å². The van der Waals surface area contributed by atoms with Gasteiger partial charge in [-0.3, -0.25) is 19.1 Å². The summed E-state index contributed by atoms with van der Waals surface area (Å²) in [6, 6.07) is 2.23. The van der Waals surface area contributed by atoms with E-state index < -0.39 is 0 Å². The maximum atomic E-state index is 13.0. The van der Waals surface area contributed by atoms with Gasteiger partial charge in [-0.05, 0) is 38.8 Å². The molecule has 0 radical (unpaired) electrons. The van der Waals surface area contributed by atoms with Crippen LogP contribution in [0.2, 0.25) is 0 Å². The van der Waals surface area contributed by atoms with E-state index in [-0.39, 0.29) is 5.91 Å². The lowest BCUT2D eigenvalue weighted by Gasteiger charge is -2.23. The van der Waals surface area contributed by atoms with Gasteiger partial charge in [0, 0.05) is 63.8 Å². The number of aryl methyl sites for hydroxylation is 1. The summed E-state index contributed by atoms with van der Waals surface area (Å²) in [4.78, 5) is 17.3. The van der Waals surface area contributed by atoms with Gasteiger partial charge in [-0.25, -0.2) is 0 Å². The lowest BCUT2D eigenvalue weighted by Crippen LogP contribution is -2.35. The Morgan fingerprint density at radius 3 is 2.96 bits per heavy atom. The molecule has 8 nitrogen and oxygen atoms in total. The number of amides is 1. The molecule has 1 amide bonds. The van der Waals surface area contributed by atoms with Crippen molar-refractivity contribution in [2.24, 2.45) is 0 Å². The zero-order valence-corrected chi connectivity index (χ0v) is 16.8. The first-order chi connectivity index (χ1) is 13.7. The number of rotatable bonds is 5. The van der Waals surface area contributed by atoms with Crippen LogP contribution in [0.25, 0.3) is 0 Å². The molecule has 2 aromatic heterocycles. The van der Waals surface area contributed by atoms with Crippen LogP contribution >= 0.6 is 0 Å². The van der Waals surface area contributed by atoms with E-state index in [1.807, 2.05) is 32.7 Å². The van der Waals surface area contributed by atoms with Gasteiger partial charge in [-0.15, -0.1) is 0 Å². The molecule has 8 heteroatoms. The summed E-state index contributed by atoms with van der Waals surface area (Å²) in [6.07, 6.45) is 9.29. The molecule has 1 atom stereocenters. The fourth-order valence-electron chi connectivity index (χ4n) is 4.13. The Kier molecular flexibility index (Phi) is 6.07. The van der Waals surface area contributed by atoms with Gasteiger partial charge in [-0.2, -0.15) is 10.2 Å². The van der Waals surface area contributed by atoms with E-state index >= 15 is 0 Å². The summed E-state index contributed by atoms with van der Waals surface area (Å²) < 4.78 is 3.93. The molecule has 2 saturated heterocycles. The van der Waals surface area contributed by atoms with E-state index in [4.69, 9.17) is 0 Å². The van der Waals surface area contributed by atoms with Gasteiger partial charge in [0.25, 0.3) is 5.91 Å². The molecule has 0 bridgehead atoms. The molecule has 2 aromatic rings. The van der Waals surface area contributed by atoms with Crippen LogP contribution in [0.4, 0.5) is 0 Å². The molecule has 2 fully saturated rings. The van der Waals surface area contributed by atoms with Crippen molar-refractivity contribution in [1.82, 2.24) is 34.7 Å². The SMILES string of the molecule is CCn1cc(CN2CCCN(C(=O)c3ccn(C4CCCNC4)n3)CC2)cn1. The van der Waals surface area contributed by atoms with Crippen LogP contribution in [0.3, 0.4) is 0 Å². The molecule has 152 valence electrons. The number of carbonyl (C=O) groups is 1. The predicted octanol–water partition coefficient (Wildman–Crippen LogP) is 1.37. The smallest absolute Gasteiger partial charge is 0.274 e. The van der Waals surface area contributed by atoms with E-state index in [1.165, 1.54) is 5.56 Å². The van der Waals surface area contributed by atoms with Crippen molar-refractivity contribution in [2.45, 2.75) is 45.3 Å². The quantitative estimate of drug-likeness (QED) is 0.842. The predicted molar refractivity (Wildman–Crippen MR) is 107 cm³/mol. The Morgan fingerprint density at radius 1 is 1.25 bits per heavy atom. The van der Waals surface area contributed by atoms with Crippen molar-refractivity contribution in [3.05, 3.63) is 35.9 Å². The van der Waals surface area contributed by atoms with Crippen molar-refractivity contribution in [3.8, 4) is 0 Å². The van der Waals surface area contributed by atoms with Gasteiger partial charge < -0.3 is 10.2 Å². The minimum atomic E-state index is 0.0585. The molecule has 0 aromatic carbocycles. The van der Waals surface area contributed by atoms with Crippen LogP contribution in [0, 0.1) is 0 Å². The third-order valence-electron chi connectivity index (χ3n) is 5.77. The molecule has 2 aliphatic rings. The third-order valence-corrected chi connectivity index (χ3v) is 5.77. The summed E-state index contributed by atoms with van der Waals surface area (Å²) in [6.45, 7) is 9.32. The van der Waals surface area contributed by atoms with Crippen LogP contribution in [-0.4, -0.2) is 74.5 Å². The zero-order chi connectivity index (χ0) is 19.3. The van der Waals surface area contributed by atoms with Crippen molar-refractivity contribution >= 4 is 5.91 Å². The number of nitrogens with one attached hydrogen (secondary N) is 1. The lowest BCUT2D eigenvalue weighted by atomic mass is 10.1. The summed E-state index contributed by atoms with van der Waals surface area (Å²) in [5.74, 6) is 0.0585. The zero-order valence-electron chi connectivity index (χ0n) is 16.8. The van der Waals surface area contributed by atoms with Gasteiger partial charge in [0.15, 0.2) is 0 Å². The van der Waals surface area contributed by atoms with Gasteiger partial charge in [0.1, 0.15) is 5.69 Å². The maximum Gasteiger partial charge on any atom is 0.274 e. The van der Waals surface area contributed by atoms with Gasteiger partial charge >= 0.3 is 0 Å². The Bertz CT molecular complexity index is 777. The second kappa shape index (κ2) is 8.87. The first kappa shape index (κ1) is 19.1. The van der Waals surface area contributed by atoms with Gasteiger partial charge in [0.2, 0.25) is 0 Å². The van der Waals surface area contributed by atoms with Gasteiger partial charge in [-0.1, -0.05) is 0 Å². The maximum absolute atomic E-state index is 13.0. The highest BCUT2D eigenvalue weighted by atomic mass is 16.2. The van der Waals surface area contributed by atoms with Crippen molar-refractivity contribution in [2.75, 3.05) is 39.3 Å². The van der Waals surface area contributed by atoms with Crippen LogP contribution < -0.4 is 5.32 Å². The van der Waals surface area contributed by atoms with E-state index in [2.05, 4.69) is 33.5 Å². The highest BCUT2D eigenvalue weighted by molar-refractivity contribution is 5.92. The average Bonchev–Trinajstić information content (AvgIpc) is 3.34. The normalized spacial score (nSPS) is 21.6. The Labute approximate surface area is 166 Å². The van der Waals surface area contributed by atoms with E-state index in [1.54, 1.807) is 0 Å². The monoisotopic (exact) mass is 385 g/mol. The first-order valence-corrected chi connectivity index (χ1v) is 10.5. The second-order valence-electron chi connectivity index (χ2n) is 7.81. The molecule has 0 saturated carbocycles. The second-order valence-corrected chi connectivity index (χ2v) is 7.81. The summed E-state index contributed by atoms with van der Waals surface area (Å²) >= 11 is 0. The Morgan fingerprint density at radius 2 is 2.18 bits per heavy atom. The molecule has 0 aliphatic carbocycles. The highest BCUT2D eigenvalue weighted by Gasteiger charge is 2.23. The molecule has 0 spiro atoms. The van der Waals surface area contributed by atoms with Gasteiger partial charge in [0.05, 0.1) is 12.2 Å². The fourth-order valence-corrected chi connectivity index (χ4v) is 4.13. The highest BCUT2D eigenvalue weighted by Crippen LogP contribution is 2.17. The van der Waals surface area contributed by atoms with Crippen molar-refractivity contribution in [3.63, 3.8) is 0 Å². The van der Waals surface area contributed by atoms with Crippen LogP contribution in [-0.2, 0) is 13.1 Å². The molecule has 1 N–H and O–H groups in total. The van der Waals surface area contributed by atoms with Crippen molar-refractivity contribution < 1.29 is 4.79 Å². The van der Waals surface area contributed by atoms with Crippen LogP contribution in [0.5, 0.6) is 0 Å². The Balaban J connectivity index is 1.33. The van der Waals surface area contributed by atoms with Crippen molar-refractivity contribution in [1.29, 1.82) is 0 Å². The van der Waals surface area contributed by atoms with Crippen LogP contribution in [0.15, 0.2) is 24.7 Å². The lowest BCUT2D eigenvalue weighted by molar-refractivity contribution is 0.0753. The standard InChI is InChI=1S/C20H31N7O/c1-2-26-16-17(13-22-26)15-24-8-4-9-25(12-11-24)20(28)19-6-10-27(23-19)18-5-3-7-21-14-18/h6,10,13,16,18,21H,2-5,7-9,11-12,14-15H2,1H3. The Hall–Kier alpha value is -2.19. The van der Waals surface area contributed by atoms with Crippen LogP contribution in [0.1, 0.15) is 48.3 Å². The molecular formula is C20H31N7O. The van der Waals surface area contributed by atoms with E-state index in [0.29, 0.717) is 11.7 Å². The first-order valence-electron chi connectivity index (χ1n) is 10.5. The van der Waals surface area contributed by atoms with E-state index in [9.17, 15) is 4.79 Å². The number of hydrogen-bond donors (Lipinski definition) is 1. The number of carbonyl (C=O) groups excluding carboxylic acids is 1. The van der Waals surface area contributed by atoms with E-state index in [0.717, 1.165) is 71.6 Å². The largest absolute Gasteiger partial charge is 0.336 e. The molecule has 28 heavy (non-hydrogen) atoms. The fraction of sp³-hybridized carbons (Fsp3) is 0.650. The summed E-state index contributed by atoms with van der Waals surface area (Å²) in [7, 11) is 0. The number of aromatic nitrogens is 4. The number of nitrogens with zero attached hydrogens (tertiary/aromatic N) is 6. The summed E-state index contributed by atoms with van der Waals surface area (Å²) in [5.41, 5.74) is 1.81. The molecule has 2 aliphatic heterocycles. The number of hydrogen-bond acceptors (Lipinski definition) is 5.